The Bertz CT molecular complexity index is 405. The lowest BCUT2D eigenvalue weighted by Crippen LogP contribution is -2.55. The number of alkyl halides is 3. The van der Waals surface area contributed by atoms with Crippen molar-refractivity contribution in [2.45, 2.75) is 37.0 Å². The van der Waals surface area contributed by atoms with E-state index in [1.807, 2.05) is 0 Å². The number of rotatable bonds is 5. The predicted octanol–water partition coefficient (Wildman–Crippen LogP) is 0.308. The molecule has 0 spiro atoms. The number of hydrogen-bond donors (Lipinski definition) is 4. The first-order valence-electron chi connectivity index (χ1n) is 5.17. The molecule has 0 unspecified atom stereocenters. The summed E-state index contributed by atoms with van der Waals surface area (Å²) >= 11 is 0. The first kappa shape index (κ1) is 15.1. The van der Waals surface area contributed by atoms with E-state index in [1.165, 1.54) is 0 Å². The predicted molar refractivity (Wildman–Crippen MR) is 53.4 cm³/mol. The van der Waals surface area contributed by atoms with E-state index >= 15 is 0 Å². The molecule has 0 aromatic rings. The Labute approximate surface area is 104 Å². The van der Waals surface area contributed by atoms with Crippen LogP contribution in [0.25, 0.3) is 0 Å². The van der Waals surface area contributed by atoms with Crippen molar-refractivity contribution in [2.24, 2.45) is 0 Å². The minimum absolute atomic E-state index is 0.291. The molecular weight excluding hydrogens is 273 g/mol. The van der Waals surface area contributed by atoms with Crippen LogP contribution in [0.1, 0.15) is 19.3 Å². The number of nitrogens with one attached hydrogen (secondary N) is 2. The van der Waals surface area contributed by atoms with Gasteiger partial charge < -0.3 is 20.8 Å². The van der Waals surface area contributed by atoms with Crippen molar-refractivity contribution in [1.29, 1.82) is 0 Å². The van der Waals surface area contributed by atoms with E-state index in [-0.39, 0.29) is 12.8 Å². The Morgan fingerprint density at radius 2 is 1.74 bits per heavy atom. The molecule has 0 aliphatic heterocycles. The van der Waals surface area contributed by atoms with Crippen LogP contribution in [0.5, 0.6) is 0 Å². The van der Waals surface area contributed by atoms with Crippen LogP contribution in [0.2, 0.25) is 0 Å². The first-order chi connectivity index (χ1) is 8.57. The Balaban J connectivity index is 2.59. The molecule has 1 saturated carbocycles. The van der Waals surface area contributed by atoms with Crippen LogP contribution in [0.4, 0.5) is 18.0 Å². The summed E-state index contributed by atoms with van der Waals surface area (Å²) in [5.41, 5.74) is -2.33. The summed E-state index contributed by atoms with van der Waals surface area (Å²) in [7, 11) is 0. The van der Waals surface area contributed by atoms with Gasteiger partial charge in [0.2, 0.25) is 0 Å². The van der Waals surface area contributed by atoms with Crippen LogP contribution < -0.4 is 10.6 Å². The van der Waals surface area contributed by atoms with Gasteiger partial charge in [0.15, 0.2) is 0 Å². The van der Waals surface area contributed by atoms with Crippen LogP contribution in [0.15, 0.2) is 0 Å². The van der Waals surface area contributed by atoms with E-state index in [0.717, 1.165) is 0 Å². The smallest absolute Gasteiger partial charge is 0.411 e. The molecular formula is C9H11F3N2O5. The SMILES string of the molecule is O=C(O)C[C@H](NC(=O)NC1(C(F)(F)F)CC1)C(=O)O. The van der Waals surface area contributed by atoms with Crippen molar-refractivity contribution < 1.29 is 37.8 Å². The topological polar surface area (TPSA) is 116 Å². The van der Waals surface area contributed by atoms with Crippen molar-refractivity contribution in [2.75, 3.05) is 0 Å². The van der Waals surface area contributed by atoms with Gasteiger partial charge in [0, 0.05) is 0 Å². The third-order valence-corrected chi connectivity index (χ3v) is 2.63. The van der Waals surface area contributed by atoms with Gasteiger partial charge in [-0.1, -0.05) is 0 Å². The largest absolute Gasteiger partial charge is 0.481 e. The molecule has 0 aromatic carbocycles. The number of amides is 2. The van der Waals surface area contributed by atoms with Crippen molar-refractivity contribution in [1.82, 2.24) is 10.6 Å². The van der Waals surface area contributed by atoms with Gasteiger partial charge in [-0.3, -0.25) is 4.79 Å². The van der Waals surface area contributed by atoms with Crippen LogP contribution in [0, 0.1) is 0 Å². The third-order valence-electron chi connectivity index (χ3n) is 2.63. The van der Waals surface area contributed by atoms with Crippen LogP contribution >= 0.6 is 0 Å². The lowest BCUT2D eigenvalue weighted by atomic mass is 10.2. The third kappa shape index (κ3) is 3.73. The second kappa shape index (κ2) is 4.94. The number of aliphatic carboxylic acids is 2. The molecule has 4 N–H and O–H groups in total. The van der Waals surface area contributed by atoms with Gasteiger partial charge in [-0.05, 0) is 12.8 Å². The summed E-state index contributed by atoms with van der Waals surface area (Å²) in [6, 6.07) is -3.15. The van der Waals surface area contributed by atoms with Crippen LogP contribution in [-0.4, -0.2) is 45.9 Å². The van der Waals surface area contributed by atoms with Gasteiger partial charge in [0.25, 0.3) is 0 Å². The summed E-state index contributed by atoms with van der Waals surface area (Å²) in [4.78, 5) is 32.2. The van der Waals surface area contributed by atoms with Crippen molar-refractivity contribution >= 4 is 18.0 Å². The monoisotopic (exact) mass is 284 g/mol. The molecule has 19 heavy (non-hydrogen) atoms. The van der Waals surface area contributed by atoms with Crippen LogP contribution in [-0.2, 0) is 9.59 Å². The fourth-order valence-corrected chi connectivity index (χ4v) is 1.39. The van der Waals surface area contributed by atoms with Gasteiger partial charge >= 0.3 is 24.1 Å². The molecule has 1 atom stereocenters. The number of hydrogen-bond acceptors (Lipinski definition) is 3. The number of carboxylic acid groups (broad SMARTS) is 2. The number of urea groups is 1. The van der Waals surface area contributed by atoms with E-state index in [4.69, 9.17) is 10.2 Å². The molecule has 0 heterocycles. The summed E-state index contributed by atoms with van der Waals surface area (Å²) in [5.74, 6) is -3.14. The normalized spacial score (nSPS) is 18.3. The second-order valence-electron chi connectivity index (χ2n) is 4.17. The van der Waals surface area contributed by atoms with Gasteiger partial charge in [-0.25, -0.2) is 9.59 Å². The molecule has 7 nitrogen and oxygen atoms in total. The molecule has 1 rings (SSSR count). The lowest BCUT2D eigenvalue weighted by molar-refractivity contribution is -0.162. The first-order valence-corrected chi connectivity index (χ1v) is 5.17. The molecule has 2 amide bonds. The van der Waals surface area contributed by atoms with Crippen LogP contribution in [0.3, 0.4) is 0 Å². The molecule has 0 saturated heterocycles. The highest BCUT2D eigenvalue weighted by Crippen LogP contribution is 2.48. The molecule has 0 aromatic heterocycles. The summed E-state index contributed by atoms with van der Waals surface area (Å²) < 4.78 is 37.5. The highest BCUT2D eigenvalue weighted by molar-refractivity contribution is 5.86. The second-order valence-corrected chi connectivity index (χ2v) is 4.17. The van der Waals surface area contributed by atoms with E-state index in [0.29, 0.717) is 0 Å². The Morgan fingerprint density at radius 1 is 1.21 bits per heavy atom. The highest BCUT2D eigenvalue weighted by Gasteiger charge is 2.64. The van der Waals surface area contributed by atoms with Crippen molar-refractivity contribution in [3.05, 3.63) is 0 Å². The number of carboxylic acids is 2. The van der Waals surface area contributed by atoms with Gasteiger partial charge in [-0.2, -0.15) is 13.2 Å². The maximum atomic E-state index is 12.5. The minimum atomic E-state index is -4.63. The van der Waals surface area contributed by atoms with Crippen molar-refractivity contribution in [3.63, 3.8) is 0 Å². The van der Waals surface area contributed by atoms with E-state index in [1.54, 1.807) is 10.6 Å². The summed E-state index contributed by atoms with van der Waals surface area (Å²) in [6.07, 6.45) is -6.14. The van der Waals surface area contributed by atoms with Crippen molar-refractivity contribution in [3.8, 4) is 0 Å². The lowest BCUT2D eigenvalue weighted by Gasteiger charge is -2.22. The fourth-order valence-electron chi connectivity index (χ4n) is 1.39. The number of carbonyl (C=O) groups is 3. The quantitative estimate of drug-likeness (QED) is 0.580. The molecule has 0 radical (unpaired) electrons. The fraction of sp³-hybridized carbons (Fsp3) is 0.667. The Kier molecular flexibility index (Phi) is 3.91. The number of carbonyl (C=O) groups excluding carboxylic acids is 1. The highest BCUT2D eigenvalue weighted by atomic mass is 19.4. The maximum absolute atomic E-state index is 12.5. The summed E-state index contributed by atoms with van der Waals surface area (Å²) in [5, 5.41) is 20.3. The minimum Gasteiger partial charge on any atom is -0.481 e. The Hall–Kier alpha value is -2.00. The average molecular weight is 284 g/mol. The van der Waals surface area contributed by atoms with Gasteiger partial charge in [-0.15, -0.1) is 0 Å². The zero-order valence-corrected chi connectivity index (χ0v) is 9.45. The molecule has 0 bridgehead atoms. The van der Waals surface area contributed by atoms with Gasteiger partial charge in [0.05, 0.1) is 6.42 Å². The zero-order valence-electron chi connectivity index (χ0n) is 9.45. The van der Waals surface area contributed by atoms with Gasteiger partial charge in [0.1, 0.15) is 11.6 Å². The Morgan fingerprint density at radius 3 is 2.05 bits per heavy atom. The van der Waals surface area contributed by atoms with E-state index in [9.17, 15) is 27.6 Å². The van der Waals surface area contributed by atoms with E-state index < -0.39 is 42.1 Å². The average Bonchev–Trinajstić information content (AvgIpc) is 2.95. The molecule has 1 aliphatic carbocycles. The van der Waals surface area contributed by atoms with E-state index in [2.05, 4.69) is 0 Å². The standard InChI is InChI=1S/C9H11F3N2O5/c10-9(11,12)8(1-2-8)14-7(19)13-4(6(17)18)3-5(15)16/h4H,1-3H2,(H,15,16)(H,17,18)(H2,13,14,19)/t4-/m0/s1. The molecule has 108 valence electrons. The molecule has 10 heteroatoms. The molecule has 1 fully saturated rings. The maximum Gasteiger partial charge on any atom is 0.411 e. The summed E-state index contributed by atoms with van der Waals surface area (Å²) in [6.45, 7) is 0. The molecule has 1 aliphatic rings. The number of halogens is 3. The zero-order chi connectivity index (χ0) is 14.8.